The van der Waals surface area contributed by atoms with Crippen LogP contribution in [-0.4, -0.2) is 0 Å². The Morgan fingerprint density at radius 2 is 1.73 bits per heavy atom. The summed E-state index contributed by atoms with van der Waals surface area (Å²) in [5.74, 6) is 0. The molecule has 0 bridgehead atoms. The van der Waals surface area contributed by atoms with Gasteiger partial charge >= 0.3 is 0 Å². The van der Waals surface area contributed by atoms with E-state index < -0.39 is 0 Å². The van der Waals surface area contributed by atoms with E-state index in [4.69, 9.17) is 0 Å². The van der Waals surface area contributed by atoms with Gasteiger partial charge in [-0.25, -0.2) is 0 Å². The summed E-state index contributed by atoms with van der Waals surface area (Å²) in [6.07, 6.45) is 17.9. The molecule has 0 heteroatoms. The van der Waals surface area contributed by atoms with Gasteiger partial charge in [-0.2, -0.15) is 0 Å². The molecule has 15 heavy (non-hydrogen) atoms. The van der Waals surface area contributed by atoms with Gasteiger partial charge in [-0.3, -0.25) is 0 Å². The van der Waals surface area contributed by atoms with E-state index in [9.17, 15) is 0 Å². The smallest absolute Gasteiger partial charge is 0.0348 e. The number of unbranched alkanes of at least 4 members (excludes halogenated alkanes) is 6. The van der Waals surface area contributed by atoms with Crippen LogP contribution < -0.4 is 0 Å². The maximum absolute atomic E-state index is 3.72. The van der Waals surface area contributed by atoms with Crippen LogP contribution in [0.25, 0.3) is 0 Å². The summed E-state index contributed by atoms with van der Waals surface area (Å²) >= 11 is 0. The molecule has 86 valence electrons. The summed E-state index contributed by atoms with van der Waals surface area (Å²) in [6, 6.07) is 0. The molecule has 0 amide bonds. The molecule has 0 heterocycles. The minimum Gasteiger partial charge on any atom is -0.0988 e. The predicted molar refractivity (Wildman–Crippen MR) is 71.1 cm³/mol. The van der Waals surface area contributed by atoms with Crippen molar-refractivity contribution in [3.8, 4) is 0 Å². The molecule has 0 spiro atoms. The molecule has 0 unspecified atom stereocenters. The number of rotatable bonds is 9. The van der Waals surface area contributed by atoms with Crippen molar-refractivity contribution in [2.75, 3.05) is 0 Å². The summed E-state index contributed by atoms with van der Waals surface area (Å²) in [5, 5.41) is 0. The zero-order chi connectivity index (χ0) is 11.4. The van der Waals surface area contributed by atoms with Crippen molar-refractivity contribution in [2.24, 2.45) is 0 Å². The van der Waals surface area contributed by atoms with Crippen molar-refractivity contribution in [3.63, 3.8) is 0 Å². The lowest BCUT2D eigenvalue weighted by Crippen LogP contribution is -1.77. The van der Waals surface area contributed by atoms with Crippen LogP contribution in [0.5, 0.6) is 0 Å². The van der Waals surface area contributed by atoms with Crippen LogP contribution in [0.15, 0.2) is 36.5 Å². The molecule has 0 radical (unpaired) electrons. The maximum Gasteiger partial charge on any atom is -0.0348 e. The first-order valence-electron chi connectivity index (χ1n) is 6.27. The van der Waals surface area contributed by atoms with Crippen LogP contribution >= 0.6 is 0 Å². The molecular formula is C15H26. The topological polar surface area (TPSA) is 0 Å². The van der Waals surface area contributed by atoms with Crippen molar-refractivity contribution in [3.05, 3.63) is 36.5 Å². The molecule has 0 saturated carbocycles. The standard InChI is InChI=1S/C15H26/c1-4-6-7-8-9-10-11-12-13-14-15(3)5-2/h5,12-14H,2,4,6-11H2,1,3H3/b13-12-,15-14-. The number of hydrogen-bond acceptors (Lipinski definition) is 0. The second-order valence-corrected chi connectivity index (χ2v) is 4.10. The zero-order valence-electron chi connectivity index (χ0n) is 10.5. The Labute approximate surface area is 95.8 Å². The van der Waals surface area contributed by atoms with Gasteiger partial charge in [0.2, 0.25) is 0 Å². The molecule has 0 aliphatic rings. The first-order chi connectivity index (χ1) is 7.31. The van der Waals surface area contributed by atoms with Gasteiger partial charge in [0.1, 0.15) is 0 Å². The van der Waals surface area contributed by atoms with Gasteiger partial charge in [-0.1, -0.05) is 75.5 Å². The van der Waals surface area contributed by atoms with E-state index in [0.29, 0.717) is 0 Å². The van der Waals surface area contributed by atoms with Crippen LogP contribution in [0.4, 0.5) is 0 Å². The zero-order valence-corrected chi connectivity index (χ0v) is 10.5. The van der Waals surface area contributed by atoms with Crippen molar-refractivity contribution in [1.82, 2.24) is 0 Å². The van der Waals surface area contributed by atoms with Gasteiger partial charge in [-0.05, 0) is 19.8 Å². The van der Waals surface area contributed by atoms with Gasteiger partial charge in [-0.15, -0.1) is 0 Å². The highest BCUT2D eigenvalue weighted by molar-refractivity contribution is 5.19. The molecule has 0 fully saturated rings. The molecule has 0 aromatic carbocycles. The second-order valence-electron chi connectivity index (χ2n) is 4.10. The van der Waals surface area contributed by atoms with Crippen molar-refractivity contribution < 1.29 is 0 Å². The Morgan fingerprint density at radius 1 is 1.07 bits per heavy atom. The predicted octanol–water partition coefficient (Wildman–Crippen LogP) is 5.43. The monoisotopic (exact) mass is 206 g/mol. The first-order valence-corrected chi connectivity index (χ1v) is 6.27. The molecule has 0 aromatic rings. The van der Waals surface area contributed by atoms with Crippen LogP contribution in [0.3, 0.4) is 0 Å². The van der Waals surface area contributed by atoms with E-state index in [1.165, 1.54) is 50.5 Å². The minimum absolute atomic E-state index is 1.22. The Bertz CT molecular complexity index is 196. The molecule has 0 atom stereocenters. The minimum atomic E-state index is 1.22. The fourth-order valence-electron chi connectivity index (χ4n) is 1.43. The number of allylic oxidation sites excluding steroid dienone is 5. The SMILES string of the molecule is C=C/C(C)=C\C=C/CCCCCCCC. The third-order valence-electron chi connectivity index (χ3n) is 2.54. The van der Waals surface area contributed by atoms with Crippen molar-refractivity contribution in [1.29, 1.82) is 0 Å². The van der Waals surface area contributed by atoms with E-state index in [0.717, 1.165) is 0 Å². The van der Waals surface area contributed by atoms with Crippen molar-refractivity contribution >= 4 is 0 Å². The molecule has 0 aliphatic carbocycles. The second kappa shape index (κ2) is 11.3. The molecule has 0 aliphatic heterocycles. The molecule has 0 nitrogen and oxygen atoms in total. The highest BCUT2D eigenvalue weighted by Gasteiger charge is 1.87. The lowest BCUT2D eigenvalue weighted by Gasteiger charge is -1.97. The van der Waals surface area contributed by atoms with E-state index in [-0.39, 0.29) is 0 Å². The fourth-order valence-corrected chi connectivity index (χ4v) is 1.43. The fraction of sp³-hybridized carbons (Fsp3) is 0.600. The average molecular weight is 206 g/mol. The first kappa shape index (κ1) is 14.2. The van der Waals surface area contributed by atoms with Gasteiger partial charge in [0, 0.05) is 0 Å². The van der Waals surface area contributed by atoms with Gasteiger partial charge in [0.15, 0.2) is 0 Å². The molecule has 0 saturated heterocycles. The maximum atomic E-state index is 3.72. The summed E-state index contributed by atoms with van der Waals surface area (Å²) in [6.45, 7) is 8.05. The Hall–Kier alpha value is -0.780. The Kier molecular flexibility index (Phi) is 10.7. The third kappa shape index (κ3) is 11.1. The van der Waals surface area contributed by atoms with E-state index in [1.54, 1.807) is 0 Å². The Balaban J connectivity index is 3.27. The average Bonchev–Trinajstić information content (AvgIpc) is 2.26. The third-order valence-corrected chi connectivity index (χ3v) is 2.54. The largest absolute Gasteiger partial charge is 0.0988 e. The van der Waals surface area contributed by atoms with Crippen LogP contribution in [0, 0.1) is 0 Å². The number of hydrogen-bond donors (Lipinski definition) is 0. The summed E-state index contributed by atoms with van der Waals surface area (Å²) < 4.78 is 0. The lowest BCUT2D eigenvalue weighted by molar-refractivity contribution is 0.611. The summed E-state index contributed by atoms with van der Waals surface area (Å²) in [5.41, 5.74) is 1.23. The van der Waals surface area contributed by atoms with Gasteiger partial charge in [0.05, 0.1) is 0 Å². The van der Waals surface area contributed by atoms with E-state index in [1.807, 2.05) is 6.08 Å². The van der Waals surface area contributed by atoms with Crippen LogP contribution in [-0.2, 0) is 0 Å². The van der Waals surface area contributed by atoms with E-state index in [2.05, 4.69) is 38.7 Å². The van der Waals surface area contributed by atoms with Gasteiger partial charge < -0.3 is 0 Å². The van der Waals surface area contributed by atoms with Gasteiger partial charge in [0.25, 0.3) is 0 Å². The van der Waals surface area contributed by atoms with E-state index >= 15 is 0 Å². The normalized spacial score (nSPS) is 12.3. The quantitative estimate of drug-likeness (QED) is 0.349. The molecular weight excluding hydrogens is 180 g/mol. The van der Waals surface area contributed by atoms with Crippen molar-refractivity contribution in [2.45, 2.75) is 58.8 Å². The van der Waals surface area contributed by atoms with Crippen LogP contribution in [0.1, 0.15) is 58.8 Å². The summed E-state index contributed by atoms with van der Waals surface area (Å²) in [4.78, 5) is 0. The highest BCUT2D eigenvalue weighted by atomic mass is 13.9. The Morgan fingerprint density at radius 3 is 2.40 bits per heavy atom. The molecule has 0 rings (SSSR count). The summed E-state index contributed by atoms with van der Waals surface area (Å²) in [7, 11) is 0. The molecule has 0 N–H and O–H groups in total. The van der Waals surface area contributed by atoms with Crippen LogP contribution in [0.2, 0.25) is 0 Å². The molecule has 0 aromatic heterocycles. The lowest BCUT2D eigenvalue weighted by atomic mass is 10.1. The highest BCUT2D eigenvalue weighted by Crippen LogP contribution is 2.07.